The van der Waals surface area contributed by atoms with Gasteiger partial charge in [-0.2, -0.15) is 0 Å². The summed E-state index contributed by atoms with van der Waals surface area (Å²) in [6, 6.07) is 11.6. The Morgan fingerprint density at radius 3 is 2.54 bits per heavy atom. The van der Waals surface area contributed by atoms with Gasteiger partial charge in [0.2, 0.25) is 5.91 Å². The van der Waals surface area contributed by atoms with Crippen LogP contribution >= 0.6 is 0 Å². The van der Waals surface area contributed by atoms with E-state index in [1.165, 1.54) is 5.56 Å². The standard InChI is InChI=1S/C20H24N2O2/c1-13(2)15-10-11-17(21-12-15)19(22-20(23)14-8-9-14)16-6-4-5-7-18(16)24-3/h4-7,10-14,19H,8-9H2,1-3H3,(H,22,23). The molecule has 2 aromatic rings. The minimum atomic E-state index is -0.296. The average molecular weight is 324 g/mol. The lowest BCUT2D eigenvalue weighted by Gasteiger charge is -2.21. The van der Waals surface area contributed by atoms with Crippen molar-refractivity contribution in [3.8, 4) is 5.75 Å². The summed E-state index contributed by atoms with van der Waals surface area (Å²) in [5.41, 5.74) is 2.95. The van der Waals surface area contributed by atoms with Gasteiger partial charge < -0.3 is 10.1 Å². The lowest BCUT2D eigenvalue weighted by atomic mass is 9.99. The predicted molar refractivity (Wildman–Crippen MR) is 94.0 cm³/mol. The van der Waals surface area contributed by atoms with E-state index in [-0.39, 0.29) is 17.9 Å². The van der Waals surface area contributed by atoms with Crippen molar-refractivity contribution in [1.82, 2.24) is 10.3 Å². The summed E-state index contributed by atoms with van der Waals surface area (Å²) < 4.78 is 5.49. The van der Waals surface area contributed by atoms with Gasteiger partial charge in [-0.15, -0.1) is 0 Å². The van der Waals surface area contributed by atoms with Crippen LogP contribution in [0, 0.1) is 5.92 Å². The second kappa shape index (κ2) is 7.04. The van der Waals surface area contributed by atoms with Crippen LogP contribution in [-0.2, 0) is 4.79 Å². The molecule has 1 unspecified atom stereocenters. The van der Waals surface area contributed by atoms with Gasteiger partial charge in [0.15, 0.2) is 0 Å². The number of para-hydroxylation sites is 1. The molecule has 0 bridgehead atoms. The molecule has 1 aromatic carbocycles. The first-order valence-corrected chi connectivity index (χ1v) is 8.49. The number of hydrogen-bond donors (Lipinski definition) is 1. The van der Waals surface area contributed by atoms with E-state index in [0.717, 1.165) is 29.8 Å². The first-order chi connectivity index (χ1) is 11.6. The molecule has 0 radical (unpaired) electrons. The van der Waals surface area contributed by atoms with Crippen molar-refractivity contribution in [3.63, 3.8) is 0 Å². The van der Waals surface area contributed by atoms with Crippen LogP contribution in [0.3, 0.4) is 0 Å². The van der Waals surface area contributed by atoms with E-state index in [0.29, 0.717) is 5.92 Å². The van der Waals surface area contributed by atoms with Gasteiger partial charge in [0.05, 0.1) is 18.8 Å². The van der Waals surface area contributed by atoms with Gasteiger partial charge in [0.25, 0.3) is 0 Å². The molecule has 24 heavy (non-hydrogen) atoms. The first-order valence-electron chi connectivity index (χ1n) is 8.49. The summed E-state index contributed by atoms with van der Waals surface area (Å²) in [5.74, 6) is 1.43. The molecular formula is C20H24N2O2. The summed E-state index contributed by atoms with van der Waals surface area (Å²) in [7, 11) is 1.65. The first kappa shape index (κ1) is 16.5. The van der Waals surface area contributed by atoms with Crippen LogP contribution in [0.15, 0.2) is 42.6 Å². The summed E-state index contributed by atoms with van der Waals surface area (Å²) in [6.45, 7) is 4.28. The fourth-order valence-electron chi connectivity index (χ4n) is 2.75. The van der Waals surface area contributed by atoms with Crippen molar-refractivity contribution < 1.29 is 9.53 Å². The Morgan fingerprint density at radius 1 is 1.21 bits per heavy atom. The molecule has 0 aliphatic heterocycles. The van der Waals surface area contributed by atoms with E-state index in [1.54, 1.807) is 7.11 Å². The highest BCUT2D eigenvalue weighted by molar-refractivity contribution is 5.81. The molecule has 4 heteroatoms. The van der Waals surface area contributed by atoms with E-state index in [1.807, 2.05) is 36.5 Å². The summed E-state index contributed by atoms with van der Waals surface area (Å²) in [5, 5.41) is 3.15. The number of benzene rings is 1. The molecule has 0 saturated heterocycles. The summed E-state index contributed by atoms with van der Waals surface area (Å²) in [4.78, 5) is 17.0. The highest BCUT2D eigenvalue weighted by Crippen LogP contribution is 2.33. The number of nitrogens with zero attached hydrogens (tertiary/aromatic N) is 1. The third-order valence-electron chi connectivity index (χ3n) is 4.46. The van der Waals surface area contributed by atoms with Crippen LogP contribution in [0.5, 0.6) is 5.75 Å². The number of hydrogen-bond acceptors (Lipinski definition) is 3. The quantitative estimate of drug-likeness (QED) is 0.878. The van der Waals surface area contributed by atoms with Crippen molar-refractivity contribution in [2.75, 3.05) is 7.11 Å². The third kappa shape index (κ3) is 3.58. The van der Waals surface area contributed by atoms with Gasteiger partial charge >= 0.3 is 0 Å². The topological polar surface area (TPSA) is 51.2 Å². The maximum absolute atomic E-state index is 12.4. The van der Waals surface area contributed by atoms with Gasteiger partial charge in [0, 0.05) is 17.7 Å². The Morgan fingerprint density at radius 2 is 1.96 bits per heavy atom. The van der Waals surface area contributed by atoms with Crippen LogP contribution in [0.2, 0.25) is 0 Å². The molecule has 1 saturated carbocycles. The van der Waals surface area contributed by atoms with Gasteiger partial charge in [0.1, 0.15) is 5.75 Å². The van der Waals surface area contributed by atoms with Crippen molar-refractivity contribution in [2.45, 2.75) is 38.6 Å². The molecule has 1 atom stereocenters. The third-order valence-corrected chi connectivity index (χ3v) is 4.46. The molecule has 1 fully saturated rings. The molecule has 0 spiro atoms. The largest absolute Gasteiger partial charge is 0.496 e. The van der Waals surface area contributed by atoms with Gasteiger partial charge in [-0.25, -0.2) is 0 Å². The fourth-order valence-corrected chi connectivity index (χ4v) is 2.75. The number of pyridine rings is 1. The second-order valence-electron chi connectivity index (χ2n) is 6.63. The molecule has 1 heterocycles. The van der Waals surface area contributed by atoms with Crippen LogP contribution < -0.4 is 10.1 Å². The van der Waals surface area contributed by atoms with Gasteiger partial charge in [-0.05, 0) is 36.5 Å². The zero-order valence-electron chi connectivity index (χ0n) is 14.5. The highest BCUT2D eigenvalue weighted by Gasteiger charge is 2.32. The molecule has 1 aliphatic carbocycles. The summed E-state index contributed by atoms with van der Waals surface area (Å²) in [6.07, 6.45) is 3.85. The van der Waals surface area contributed by atoms with Gasteiger partial charge in [-0.1, -0.05) is 38.1 Å². The van der Waals surface area contributed by atoms with E-state index in [2.05, 4.69) is 30.2 Å². The number of nitrogens with one attached hydrogen (secondary N) is 1. The van der Waals surface area contributed by atoms with Crippen molar-refractivity contribution in [3.05, 3.63) is 59.4 Å². The van der Waals surface area contributed by atoms with Crippen LogP contribution in [0.4, 0.5) is 0 Å². The lowest BCUT2D eigenvalue weighted by Crippen LogP contribution is -2.31. The van der Waals surface area contributed by atoms with E-state index in [4.69, 9.17) is 4.74 Å². The maximum atomic E-state index is 12.4. The second-order valence-corrected chi connectivity index (χ2v) is 6.63. The summed E-state index contributed by atoms with van der Waals surface area (Å²) >= 11 is 0. The molecule has 126 valence electrons. The van der Waals surface area contributed by atoms with Crippen LogP contribution in [0.25, 0.3) is 0 Å². The maximum Gasteiger partial charge on any atom is 0.223 e. The number of carbonyl (C=O) groups is 1. The Kier molecular flexibility index (Phi) is 4.84. The average Bonchev–Trinajstić information content (AvgIpc) is 3.45. The van der Waals surface area contributed by atoms with E-state index in [9.17, 15) is 4.79 Å². The highest BCUT2D eigenvalue weighted by atomic mass is 16.5. The Labute approximate surface area is 143 Å². The number of carbonyl (C=O) groups excluding carboxylic acids is 1. The van der Waals surface area contributed by atoms with Crippen LogP contribution in [-0.4, -0.2) is 18.0 Å². The molecule has 1 amide bonds. The van der Waals surface area contributed by atoms with Gasteiger partial charge in [-0.3, -0.25) is 9.78 Å². The SMILES string of the molecule is COc1ccccc1C(NC(=O)C1CC1)c1ccc(C(C)C)cn1. The molecule has 3 rings (SSSR count). The molecule has 1 aliphatic rings. The van der Waals surface area contributed by atoms with Crippen molar-refractivity contribution in [1.29, 1.82) is 0 Å². The number of ether oxygens (including phenoxy) is 1. The molecule has 1 N–H and O–H groups in total. The Bertz CT molecular complexity index is 706. The zero-order chi connectivity index (χ0) is 17.1. The number of amides is 1. The minimum Gasteiger partial charge on any atom is -0.496 e. The molecule has 1 aromatic heterocycles. The normalized spacial score (nSPS) is 15.2. The zero-order valence-corrected chi connectivity index (χ0v) is 14.5. The smallest absolute Gasteiger partial charge is 0.223 e. The van der Waals surface area contributed by atoms with Crippen molar-refractivity contribution in [2.24, 2.45) is 5.92 Å². The van der Waals surface area contributed by atoms with Crippen molar-refractivity contribution >= 4 is 5.91 Å². The minimum absolute atomic E-state index is 0.0978. The number of methoxy groups -OCH3 is 1. The Hall–Kier alpha value is -2.36. The fraction of sp³-hybridized carbons (Fsp3) is 0.400. The Balaban J connectivity index is 1.96. The van der Waals surface area contributed by atoms with E-state index < -0.39 is 0 Å². The monoisotopic (exact) mass is 324 g/mol. The number of aromatic nitrogens is 1. The van der Waals surface area contributed by atoms with Crippen LogP contribution in [0.1, 0.15) is 55.5 Å². The lowest BCUT2D eigenvalue weighted by molar-refractivity contribution is -0.122. The van der Waals surface area contributed by atoms with E-state index >= 15 is 0 Å². The molecular weight excluding hydrogens is 300 g/mol. The predicted octanol–water partition coefficient (Wildman–Crippen LogP) is 3.83. The molecule has 4 nitrogen and oxygen atoms in total. The number of rotatable bonds is 6.